The number of hydrogen-bond donors (Lipinski definition) is 2. The highest BCUT2D eigenvalue weighted by atomic mass is 35.5. The first-order valence-electron chi connectivity index (χ1n) is 14.4. The average Bonchev–Trinajstić information content (AvgIpc) is 3.58. The van der Waals surface area contributed by atoms with Crippen LogP contribution in [0.1, 0.15) is 43.3 Å². The van der Waals surface area contributed by atoms with Gasteiger partial charge in [-0.15, -0.1) is 10.2 Å². The van der Waals surface area contributed by atoms with E-state index in [2.05, 4.69) is 41.2 Å². The summed E-state index contributed by atoms with van der Waals surface area (Å²) in [5, 5.41) is 22.8. The van der Waals surface area contributed by atoms with E-state index in [-0.39, 0.29) is 29.7 Å². The average molecular weight is 625 g/mol. The molecule has 2 fully saturated rings. The second kappa shape index (κ2) is 13.0. The molecule has 2 aliphatic rings. The van der Waals surface area contributed by atoms with E-state index in [0.717, 1.165) is 28.2 Å². The van der Waals surface area contributed by atoms with E-state index in [9.17, 15) is 19.5 Å². The van der Waals surface area contributed by atoms with E-state index < -0.39 is 12.0 Å². The number of aryl methyl sites for hydroxylation is 2. The van der Waals surface area contributed by atoms with E-state index in [1.807, 2.05) is 48.5 Å². The molecule has 2 N–H and O–H groups in total. The van der Waals surface area contributed by atoms with Crippen LogP contribution in [0.4, 0.5) is 15.6 Å². The molecule has 0 radical (unpaired) electrons. The number of piperazine rings is 1. The Balaban J connectivity index is 1.13. The van der Waals surface area contributed by atoms with Crippen LogP contribution in [0.5, 0.6) is 0 Å². The lowest BCUT2D eigenvalue weighted by Crippen LogP contribution is -2.59. The maximum atomic E-state index is 13.0. The van der Waals surface area contributed by atoms with Crippen molar-refractivity contribution in [1.29, 1.82) is 0 Å². The largest absolute Gasteiger partial charge is 0.465 e. The minimum atomic E-state index is -0.871. The Morgan fingerprint density at radius 2 is 1.70 bits per heavy atom. The molecule has 2 saturated heterocycles. The van der Waals surface area contributed by atoms with Crippen LogP contribution in [0.2, 0.25) is 5.02 Å². The molecular formula is C31H37ClN6O4S. The highest BCUT2D eigenvalue weighted by Crippen LogP contribution is 2.30. The molecule has 3 aromatic rings. The zero-order chi connectivity index (χ0) is 30.7. The number of amides is 3. The Kier molecular flexibility index (Phi) is 9.33. The Morgan fingerprint density at radius 3 is 2.37 bits per heavy atom. The molecule has 0 spiro atoms. The van der Waals surface area contributed by atoms with Gasteiger partial charge in [0.15, 0.2) is 0 Å². The number of rotatable bonds is 8. The highest BCUT2D eigenvalue weighted by Gasteiger charge is 2.38. The van der Waals surface area contributed by atoms with Crippen molar-refractivity contribution >= 4 is 51.7 Å². The van der Waals surface area contributed by atoms with Gasteiger partial charge in [-0.1, -0.05) is 68.0 Å². The number of hydrogen-bond acceptors (Lipinski definition) is 7. The molecule has 0 saturated carbocycles. The van der Waals surface area contributed by atoms with Crippen LogP contribution in [-0.4, -0.2) is 75.2 Å². The van der Waals surface area contributed by atoms with Gasteiger partial charge in [0.05, 0.1) is 12.0 Å². The van der Waals surface area contributed by atoms with Crippen molar-refractivity contribution in [2.75, 3.05) is 36.4 Å². The number of anilines is 2. The second-order valence-corrected chi connectivity index (χ2v) is 13.8. The zero-order valence-corrected chi connectivity index (χ0v) is 26.2. The van der Waals surface area contributed by atoms with Gasteiger partial charge in [-0.25, -0.2) is 4.79 Å². The van der Waals surface area contributed by atoms with Crippen molar-refractivity contribution < 1.29 is 19.5 Å². The Labute approximate surface area is 260 Å². The van der Waals surface area contributed by atoms with Crippen molar-refractivity contribution in [1.82, 2.24) is 20.0 Å². The Bertz CT molecular complexity index is 1460. The van der Waals surface area contributed by atoms with Gasteiger partial charge < -0.3 is 20.2 Å². The summed E-state index contributed by atoms with van der Waals surface area (Å²) in [6.45, 7) is 9.02. The number of carbonyl (C=O) groups is 3. The van der Waals surface area contributed by atoms with Crippen LogP contribution < -0.4 is 10.2 Å². The summed E-state index contributed by atoms with van der Waals surface area (Å²) < 4.78 is 0. The van der Waals surface area contributed by atoms with Crippen molar-refractivity contribution in [2.24, 2.45) is 11.3 Å². The maximum Gasteiger partial charge on any atom is 0.407 e. The minimum Gasteiger partial charge on any atom is -0.465 e. The highest BCUT2D eigenvalue weighted by molar-refractivity contribution is 7.15. The fourth-order valence-corrected chi connectivity index (χ4v) is 6.51. The summed E-state index contributed by atoms with van der Waals surface area (Å²) in [6.07, 6.45) is 0.766. The number of carboxylic acid groups (broad SMARTS) is 1. The molecule has 3 amide bonds. The molecule has 12 heteroatoms. The van der Waals surface area contributed by atoms with Gasteiger partial charge in [-0.2, -0.15) is 0 Å². The molecule has 10 nitrogen and oxygen atoms in total. The number of halogens is 1. The number of nitrogens with zero attached hydrogens (tertiary/aromatic N) is 5. The van der Waals surface area contributed by atoms with Crippen LogP contribution in [0.25, 0.3) is 0 Å². The number of carbonyl (C=O) groups excluding carboxylic acids is 2. The normalized spacial score (nSPS) is 19.6. The molecule has 1 aromatic heterocycles. The van der Waals surface area contributed by atoms with Crippen molar-refractivity contribution in [3.8, 4) is 0 Å². The van der Waals surface area contributed by atoms with Gasteiger partial charge >= 0.3 is 6.09 Å². The molecule has 2 unspecified atom stereocenters. The lowest BCUT2D eigenvalue weighted by Gasteiger charge is -2.46. The maximum absolute atomic E-state index is 13.0. The van der Waals surface area contributed by atoms with Crippen LogP contribution in [0.3, 0.4) is 0 Å². The molecule has 0 aliphatic carbocycles. The van der Waals surface area contributed by atoms with Gasteiger partial charge in [-0.05, 0) is 47.2 Å². The Hall–Kier alpha value is -3.54. The molecule has 2 atom stereocenters. The number of benzene rings is 2. The van der Waals surface area contributed by atoms with Crippen molar-refractivity contribution in [2.45, 2.75) is 52.6 Å². The van der Waals surface area contributed by atoms with Gasteiger partial charge in [0.25, 0.3) is 0 Å². The third-order valence-corrected chi connectivity index (χ3v) is 9.25. The lowest BCUT2D eigenvalue weighted by atomic mass is 9.84. The summed E-state index contributed by atoms with van der Waals surface area (Å²) in [4.78, 5) is 43.1. The number of aromatic nitrogens is 2. The lowest BCUT2D eigenvalue weighted by molar-refractivity contribution is -0.122. The van der Waals surface area contributed by atoms with Crippen molar-refractivity contribution in [3.63, 3.8) is 0 Å². The first-order chi connectivity index (χ1) is 20.5. The molecule has 2 aromatic carbocycles. The van der Waals surface area contributed by atoms with Crippen molar-refractivity contribution in [3.05, 3.63) is 69.7 Å². The van der Waals surface area contributed by atoms with E-state index >= 15 is 0 Å². The molecule has 228 valence electrons. The second-order valence-electron chi connectivity index (χ2n) is 12.3. The van der Waals surface area contributed by atoms with E-state index in [1.165, 1.54) is 11.3 Å². The van der Waals surface area contributed by atoms with Crippen LogP contribution in [0, 0.1) is 11.3 Å². The topological polar surface area (TPSA) is 119 Å². The molecule has 2 aliphatic heterocycles. The summed E-state index contributed by atoms with van der Waals surface area (Å²) in [5.41, 5.74) is 2.82. The van der Waals surface area contributed by atoms with Gasteiger partial charge in [-0.3, -0.25) is 14.5 Å². The van der Waals surface area contributed by atoms with Gasteiger partial charge in [0, 0.05) is 56.3 Å². The number of nitrogens with one attached hydrogen (secondary N) is 1. The molecule has 3 heterocycles. The third kappa shape index (κ3) is 7.70. The van der Waals surface area contributed by atoms with E-state index in [4.69, 9.17) is 11.6 Å². The first-order valence-corrected chi connectivity index (χ1v) is 15.6. The summed E-state index contributed by atoms with van der Waals surface area (Å²) in [7, 11) is 0. The fraction of sp³-hybridized carbons (Fsp3) is 0.452. The standard InChI is InChI=1S/C31H37ClN6O4S/c1-31(2,3)25-19-36(14-15-37(25)30(41)42)17-21-6-11-24(12-7-21)38-18-22(16-27(38)39)28(40)33-29-35-34-26(43-29)13-8-20-4-9-23(32)10-5-20/h4-7,9-12,22,25H,8,13-19H2,1-3H3,(H,41,42)(H,33,35,40). The molecule has 0 bridgehead atoms. The fourth-order valence-electron chi connectivity index (χ4n) is 5.64. The minimum absolute atomic E-state index is 0.0911. The van der Waals surface area contributed by atoms with Gasteiger partial charge in [0.2, 0.25) is 16.9 Å². The summed E-state index contributed by atoms with van der Waals surface area (Å²) in [5.74, 6) is -0.804. The van der Waals surface area contributed by atoms with Gasteiger partial charge in [0.1, 0.15) is 5.01 Å². The third-order valence-electron chi connectivity index (χ3n) is 8.10. The smallest absolute Gasteiger partial charge is 0.407 e. The Morgan fingerprint density at radius 1 is 1.00 bits per heavy atom. The van der Waals surface area contributed by atoms with E-state index in [0.29, 0.717) is 49.3 Å². The predicted molar refractivity (Wildman–Crippen MR) is 168 cm³/mol. The zero-order valence-electron chi connectivity index (χ0n) is 24.6. The SMILES string of the molecule is CC(C)(C)C1CN(Cc2ccc(N3CC(C(=O)Nc4nnc(CCc5ccc(Cl)cc5)s4)CC3=O)cc2)CCN1C(=O)O. The monoisotopic (exact) mass is 624 g/mol. The quantitative estimate of drug-likeness (QED) is 0.355. The van der Waals surface area contributed by atoms with Crippen LogP contribution >= 0.6 is 22.9 Å². The summed E-state index contributed by atoms with van der Waals surface area (Å²) in [6, 6.07) is 15.4. The summed E-state index contributed by atoms with van der Waals surface area (Å²) >= 11 is 7.30. The first kappa shape index (κ1) is 30.9. The molecule has 43 heavy (non-hydrogen) atoms. The van der Waals surface area contributed by atoms with Crippen LogP contribution in [-0.2, 0) is 29.0 Å². The predicted octanol–water partition coefficient (Wildman–Crippen LogP) is 5.18. The molecular weight excluding hydrogens is 588 g/mol. The van der Waals surface area contributed by atoms with E-state index in [1.54, 1.807) is 9.80 Å². The van der Waals surface area contributed by atoms with Crippen LogP contribution in [0.15, 0.2) is 48.5 Å². The molecule has 5 rings (SSSR count).